The Morgan fingerprint density at radius 3 is 2.67 bits per heavy atom. The van der Waals surface area contributed by atoms with Crippen molar-refractivity contribution in [2.45, 2.75) is 0 Å². The van der Waals surface area contributed by atoms with E-state index in [1.165, 1.54) is 29.7 Å². The van der Waals surface area contributed by atoms with Crippen LogP contribution < -0.4 is 5.32 Å². The summed E-state index contributed by atoms with van der Waals surface area (Å²) in [7, 11) is 0. The van der Waals surface area contributed by atoms with Crippen LogP contribution in [0, 0.1) is 0 Å². The third kappa shape index (κ3) is 2.61. The summed E-state index contributed by atoms with van der Waals surface area (Å²) in [5.74, 6) is -0.993. The van der Waals surface area contributed by atoms with Crippen molar-refractivity contribution in [1.82, 2.24) is 4.98 Å². The van der Waals surface area contributed by atoms with E-state index in [-0.39, 0.29) is 11.5 Å². The predicted molar refractivity (Wildman–Crippen MR) is 81.0 cm³/mol. The molecule has 0 aliphatic rings. The normalized spacial score (nSPS) is 10.5. The lowest BCUT2D eigenvalue weighted by Gasteiger charge is -2.03. The maximum atomic E-state index is 12.2. The number of amides is 1. The van der Waals surface area contributed by atoms with Crippen LogP contribution in [-0.2, 0) is 0 Å². The van der Waals surface area contributed by atoms with Crippen molar-refractivity contribution in [3.8, 4) is 0 Å². The number of pyridine rings is 1. The zero-order valence-corrected chi connectivity index (χ0v) is 11.6. The minimum atomic E-state index is -1.05. The number of nitrogens with one attached hydrogen (secondary N) is 1. The summed E-state index contributed by atoms with van der Waals surface area (Å²) in [6.45, 7) is 0. The standard InChI is InChI=1S/C15H10N2O3S/c18-14(11-8-21-12-4-2-1-3-10(11)12)17-13-6-5-9(7-16-13)15(19)20/h1-8H,(H,19,20)(H,16,17,18). The summed E-state index contributed by atoms with van der Waals surface area (Å²) in [5.41, 5.74) is 0.661. The van der Waals surface area contributed by atoms with Crippen molar-refractivity contribution in [2.24, 2.45) is 0 Å². The van der Waals surface area contributed by atoms with Crippen molar-refractivity contribution in [1.29, 1.82) is 0 Å². The monoisotopic (exact) mass is 298 g/mol. The molecule has 1 amide bonds. The molecule has 2 aromatic heterocycles. The number of benzene rings is 1. The number of carbonyl (C=O) groups is 2. The number of aromatic nitrogens is 1. The minimum Gasteiger partial charge on any atom is -0.478 e. The van der Waals surface area contributed by atoms with E-state index in [4.69, 9.17) is 5.11 Å². The van der Waals surface area contributed by atoms with Gasteiger partial charge in [-0.25, -0.2) is 9.78 Å². The number of carbonyl (C=O) groups excluding carboxylic acids is 1. The number of aromatic carboxylic acids is 1. The fraction of sp³-hybridized carbons (Fsp3) is 0. The molecule has 0 atom stereocenters. The van der Waals surface area contributed by atoms with E-state index in [1.54, 1.807) is 5.38 Å². The van der Waals surface area contributed by atoms with Crippen LogP contribution in [0.25, 0.3) is 10.1 Å². The van der Waals surface area contributed by atoms with Crippen LogP contribution in [0.2, 0.25) is 0 Å². The van der Waals surface area contributed by atoms with Gasteiger partial charge in [0.25, 0.3) is 5.91 Å². The minimum absolute atomic E-state index is 0.0778. The molecule has 0 spiro atoms. The first-order valence-electron chi connectivity index (χ1n) is 6.12. The first-order valence-corrected chi connectivity index (χ1v) is 7.00. The van der Waals surface area contributed by atoms with Gasteiger partial charge in [-0.3, -0.25) is 4.79 Å². The van der Waals surface area contributed by atoms with Gasteiger partial charge in [0.2, 0.25) is 0 Å². The lowest BCUT2D eigenvalue weighted by atomic mass is 10.1. The zero-order chi connectivity index (χ0) is 14.8. The molecule has 6 heteroatoms. The Labute approximate surface area is 123 Å². The number of hydrogen-bond acceptors (Lipinski definition) is 4. The smallest absolute Gasteiger partial charge is 0.337 e. The number of hydrogen-bond donors (Lipinski definition) is 2. The highest BCUT2D eigenvalue weighted by Gasteiger charge is 2.13. The molecule has 0 saturated carbocycles. The van der Waals surface area contributed by atoms with Gasteiger partial charge in [-0.1, -0.05) is 18.2 Å². The second kappa shape index (κ2) is 5.34. The quantitative estimate of drug-likeness (QED) is 0.778. The summed E-state index contributed by atoms with van der Waals surface area (Å²) < 4.78 is 1.04. The van der Waals surface area contributed by atoms with Crippen molar-refractivity contribution in [2.75, 3.05) is 5.32 Å². The molecule has 0 aliphatic carbocycles. The van der Waals surface area contributed by atoms with Crippen LogP contribution in [0.1, 0.15) is 20.7 Å². The topological polar surface area (TPSA) is 79.3 Å². The van der Waals surface area contributed by atoms with E-state index in [2.05, 4.69) is 10.3 Å². The Bertz CT molecular complexity index is 824. The Balaban J connectivity index is 1.84. The fourth-order valence-electron chi connectivity index (χ4n) is 1.93. The molecule has 0 bridgehead atoms. The van der Waals surface area contributed by atoms with Crippen molar-refractivity contribution in [3.63, 3.8) is 0 Å². The molecule has 2 heterocycles. The number of carboxylic acid groups (broad SMARTS) is 1. The van der Waals surface area contributed by atoms with E-state index in [1.807, 2.05) is 24.3 Å². The second-order valence-electron chi connectivity index (χ2n) is 4.34. The molecule has 0 unspecified atom stereocenters. The van der Waals surface area contributed by atoms with Gasteiger partial charge in [-0.15, -0.1) is 11.3 Å². The number of nitrogens with zero attached hydrogens (tertiary/aromatic N) is 1. The summed E-state index contributed by atoms with van der Waals surface area (Å²) in [5, 5.41) is 14.2. The number of fused-ring (bicyclic) bond motifs is 1. The Morgan fingerprint density at radius 1 is 1.14 bits per heavy atom. The third-order valence-corrected chi connectivity index (χ3v) is 3.94. The summed E-state index contributed by atoms with van der Waals surface area (Å²) >= 11 is 1.50. The molecule has 1 aromatic carbocycles. The molecule has 3 rings (SSSR count). The largest absolute Gasteiger partial charge is 0.478 e. The molecule has 5 nitrogen and oxygen atoms in total. The second-order valence-corrected chi connectivity index (χ2v) is 5.25. The summed E-state index contributed by atoms with van der Waals surface area (Å²) in [6, 6.07) is 10.5. The van der Waals surface area contributed by atoms with Gasteiger partial charge < -0.3 is 10.4 Å². The molecule has 21 heavy (non-hydrogen) atoms. The average molecular weight is 298 g/mol. The molecule has 0 fully saturated rings. The molecule has 2 N–H and O–H groups in total. The number of carboxylic acids is 1. The molecule has 0 radical (unpaired) electrons. The van der Waals surface area contributed by atoms with Crippen LogP contribution in [0.3, 0.4) is 0 Å². The van der Waals surface area contributed by atoms with Crippen LogP contribution >= 0.6 is 11.3 Å². The first kappa shape index (κ1) is 13.3. The molecular weight excluding hydrogens is 288 g/mol. The van der Waals surface area contributed by atoms with Gasteiger partial charge in [0.1, 0.15) is 5.82 Å². The van der Waals surface area contributed by atoms with Gasteiger partial charge >= 0.3 is 5.97 Å². The molecular formula is C15H10N2O3S. The van der Waals surface area contributed by atoms with Crippen molar-refractivity contribution in [3.05, 3.63) is 59.1 Å². The third-order valence-electron chi connectivity index (χ3n) is 2.98. The van der Waals surface area contributed by atoms with Gasteiger partial charge in [0.05, 0.1) is 11.1 Å². The van der Waals surface area contributed by atoms with Crippen LogP contribution in [-0.4, -0.2) is 22.0 Å². The zero-order valence-electron chi connectivity index (χ0n) is 10.7. The first-order chi connectivity index (χ1) is 10.1. The molecule has 0 saturated heterocycles. The van der Waals surface area contributed by atoms with Gasteiger partial charge in [-0.05, 0) is 18.2 Å². The number of rotatable bonds is 3. The number of anilines is 1. The van der Waals surface area contributed by atoms with E-state index < -0.39 is 5.97 Å². The highest BCUT2D eigenvalue weighted by Crippen LogP contribution is 2.26. The Morgan fingerprint density at radius 2 is 1.95 bits per heavy atom. The lowest BCUT2D eigenvalue weighted by molar-refractivity contribution is 0.0696. The fourth-order valence-corrected chi connectivity index (χ4v) is 2.87. The van der Waals surface area contributed by atoms with Gasteiger partial charge in [-0.2, -0.15) is 0 Å². The van der Waals surface area contributed by atoms with E-state index >= 15 is 0 Å². The highest BCUT2D eigenvalue weighted by molar-refractivity contribution is 7.17. The van der Waals surface area contributed by atoms with Crippen molar-refractivity contribution < 1.29 is 14.7 Å². The van der Waals surface area contributed by atoms with Crippen LogP contribution in [0.5, 0.6) is 0 Å². The van der Waals surface area contributed by atoms with E-state index in [0.717, 1.165) is 10.1 Å². The van der Waals surface area contributed by atoms with E-state index in [9.17, 15) is 9.59 Å². The summed E-state index contributed by atoms with van der Waals surface area (Å²) in [4.78, 5) is 26.9. The molecule has 104 valence electrons. The lowest BCUT2D eigenvalue weighted by Crippen LogP contribution is -2.12. The molecule has 3 aromatic rings. The van der Waals surface area contributed by atoms with Gasteiger partial charge in [0.15, 0.2) is 0 Å². The van der Waals surface area contributed by atoms with Crippen molar-refractivity contribution >= 4 is 39.1 Å². The average Bonchev–Trinajstić information content (AvgIpc) is 2.92. The summed E-state index contributed by atoms with van der Waals surface area (Å²) in [6.07, 6.45) is 1.21. The SMILES string of the molecule is O=C(O)c1ccc(NC(=O)c2csc3ccccc23)nc1. The maximum absolute atomic E-state index is 12.2. The maximum Gasteiger partial charge on any atom is 0.337 e. The highest BCUT2D eigenvalue weighted by atomic mass is 32.1. The Kier molecular flexibility index (Phi) is 3.37. The number of thiophene rings is 1. The van der Waals surface area contributed by atoms with E-state index in [0.29, 0.717) is 11.4 Å². The van der Waals surface area contributed by atoms with Crippen LogP contribution in [0.15, 0.2) is 48.0 Å². The Hall–Kier alpha value is -2.73. The molecule has 0 aliphatic heterocycles. The van der Waals surface area contributed by atoms with Crippen LogP contribution in [0.4, 0.5) is 5.82 Å². The predicted octanol–water partition coefficient (Wildman–Crippen LogP) is 3.25. The van der Waals surface area contributed by atoms with Gasteiger partial charge in [0, 0.05) is 21.7 Å².